The number of rotatable bonds is 3. The van der Waals surface area contributed by atoms with Crippen molar-refractivity contribution in [2.45, 2.75) is 77.2 Å². The van der Waals surface area contributed by atoms with Gasteiger partial charge in [-0.05, 0) is 24.7 Å². The first-order valence-corrected chi connectivity index (χ1v) is 6.93. The lowest BCUT2D eigenvalue weighted by Crippen LogP contribution is -2.52. The number of nitrogens with one attached hydrogen (secondary N) is 1. The van der Waals surface area contributed by atoms with Crippen molar-refractivity contribution >= 4 is 5.91 Å². The zero-order valence-electron chi connectivity index (χ0n) is 10.8. The van der Waals surface area contributed by atoms with E-state index in [0.29, 0.717) is 5.91 Å². The summed E-state index contributed by atoms with van der Waals surface area (Å²) in [7, 11) is 0. The molecule has 2 aliphatic rings. The first-order chi connectivity index (χ1) is 7.62. The second kappa shape index (κ2) is 4.38. The Morgan fingerprint density at radius 1 is 1.25 bits per heavy atom. The third kappa shape index (κ3) is 1.87. The van der Waals surface area contributed by atoms with Gasteiger partial charge in [-0.15, -0.1) is 0 Å². The van der Waals surface area contributed by atoms with Crippen molar-refractivity contribution in [2.75, 3.05) is 0 Å². The first kappa shape index (κ1) is 11.9. The van der Waals surface area contributed by atoms with Crippen LogP contribution in [0.3, 0.4) is 0 Å². The molecule has 1 heterocycles. The lowest BCUT2D eigenvalue weighted by Gasteiger charge is -2.46. The van der Waals surface area contributed by atoms with Crippen molar-refractivity contribution in [3.8, 4) is 0 Å². The van der Waals surface area contributed by atoms with E-state index in [1.807, 2.05) is 0 Å². The molecule has 1 amide bonds. The molecule has 2 fully saturated rings. The Balaban J connectivity index is 2.16. The van der Waals surface area contributed by atoms with Gasteiger partial charge in [0.25, 0.3) is 0 Å². The average molecular weight is 223 g/mol. The van der Waals surface area contributed by atoms with E-state index in [9.17, 15) is 4.79 Å². The summed E-state index contributed by atoms with van der Waals surface area (Å²) in [4.78, 5) is 11.8. The van der Waals surface area contributed by atoms with Gasteiger partial charge in [-0.3, -0.25) is 4.79 Å². The minimum absolute atomic E-state index is 0.150. The Kier molecular flexibility index (Phi) is 3.27. The highest BCUT2D eigenvalue weighted by molar-refractivity contribution is 5.81. The molecule has 2 nitrogen and oxygen atoms in total. The van der Waals surface area contributed by atoms with Crippen LogP contribution in [0.2, 0.25) is 0 Å². The molecule has 1 saturated carbocycles. The van der Waals surface area contributed by atoms with E-state index in [1.165, 1.54) is 51.4 Å². The van der Waals surface area contributed by atoms with Gasteiger partial charge in [0, 0.05) is 12.0 Å². The molecule has 92 valence electrons. The SMILES string of the molecule is CCCCC1(C)CC(=O)NC12CCCCC2. The largest absolute Gasteiger partial charge is 0.350 e. The maximum Gasteiger partial charge on any atom is 0.221 e. The summed E-state index contributed by atoms with van der Waals surface area (Å²) < 4.78 is 0. The minimum Gasteiger partial charge on any atom is -0.350 e. The van der Waals surface area contributed by atoms with Crippen LogP contribution < -0.4 is 5.32 Å². The number of unbranched alkanes of at least 4 members (excludes halogenated alkanes) is 1. The van der Waals surface area contributed by atoms with Crippen LogP contribution in [-0.2, 0) is 4.79 Å². The summed E-state index contributed by atoms with van der Waals surface area (Å²) in [6.45, 7) is 4.58. The summed E-state index contributed by atoms with van der Waals surface area (Å²) in [6.07, 6.45) is 10.8. The molecule has 0 aromatic carbocycles. The highest BCUT2D eigenvalue weighted by atomic mass is 16.2. The second-order valence-electron chi connectivity index (χ2n) is 6.03. The fourth-order valence-corrected chi connectivity index (χ4v) is 3.76. The number of amides is 1. The maximum absolute atomic E-state index is 11.8. The van der Waals surface area contributed by atoms with E-state index >= 15 is 0 Å². The molecule has 0 radical (unpaired) electrons. The number of carbonyl (C=O) groups excluding carboxylic acids is 1. The Morgan fingerprint density at radius 2 is 1.94 bits per heavy atom. The van der Waals surface area contributed by atoms with E-state index in [2.05, 4.69) is 19.2 Å². The van der Waals surface area contributed by atoms with Crippen LogP contribution in [0.4, 0.5) is 0 Å². The molecule has 1 unspecified atom stereocenters. The van der Waals surface area contributed by atoms with Gasteiger partial charge in [-0.2, -0.15) is 0 Å². The lowest BCUT2D eigenvalue weighted by atomic mass is 9.62. The Labute approximate surface area is 99.2 Å². The van der Waals surface area contributed by atoms with Crippen LogP contribution in [0.1, 0.15) is 71.6 Å². The number of carbonyl (C=O) groups is 1. The summed E-state index contributed by atoms with van der Waals surface area (Å²) >= 11 is 0. The summed E-state index contributed by atoms with van der Waals surface area (Å²) in [6, 6.07) is 0. The minimum atomic E-state index is 0.150. The smallest absolute Gasteiger partial charge is 0.221 e. The van der Waals surface area contributed by atoms with Crippen molar-refractivity contribution in [3.63, 3.8) is 0 Å². The third-order valence-electron chi connectivity index (χ3n) is 4.87. The van der Waals surface area contributed by atoms with E-state index in [-0.39, 0.29) is 11.0 Å². The van der Waals surface area contributed by atoms with Gasteiger partial charge in [0.15, 0.2) is 0 Å². The topological polar surface area (TPSA) is 29.1 Å². The standard InChI is InChI=1S/C14H25NO/c1-3-4-8-13(2)11-12(16)15-14(13)9-6-5-7-10-14/h3-11H2,1-2H3,(H,15,16). The molecule has 0 aromatic rings. The Bertz CT molecular complexity index is 268. The van der Waals surface area contributed by atoms with Crippen molar-refractivity contribution in [3.05, 3.63) is 0 Å². The molecule has 1 aliphatic carbocycles. The molecule has 1 aliphatic heterocycles. The van der Waals surface area contributed by atoms with E-state index in [0.717, 1.165) is 6.42 Å². The molecule has 0 bridgehead atoms. The number of hydrogen-bond acceptors (Lipinski definition) is 1. The van der Waals surface area contributed by atoms with Crippen LogP contribution in [0, 0.1) is 5.41 Å². The van der Waals surface area contributed by atoms with E-state index in [1.54, 1.807) is 0 Å². The first-order valence-electron chi connectivity index (χ1n) is 6.93. The fraction of sp³-hybridized carbons (Fsp3) is 0.929. The highest BCUT2D eigenvalue weighted by Gasteiger charge is 2.54. The predicted octanol–water partition coefficient (Wildman–Crippen LogP) is 3.41. The van der Waals surface area contributed by atoms with Crippen LogP contribution in [0.25, 0.3) is 0 Å². The quantitative estimate of drug-likeness (QED) is 0.780. The van der Waals surface area contributed by atoms with Crippen LogP contribution in [0.15, 0.2) is 0 Å². The normalized spacial score (nSPS) is 33.0. The third-order valence-corrected chi connectivity index (χ3v) is 4.87. The van der Waals surface area contributed by atoms with Crippen molar-refractivity contribution in [1.82, 2.24) is 5.32 Å². The van der Waals surface area contributed by atoms with E-state index < -0.39 is 0 Å². The van der Waals surface area contributed by atoms with Gasteiger partial charge < -0.3 is 5.32 Å². The summed E-state index contributed by atoms with van der Waals surface area (Å²) in [5.74, 6) is 0.292. The predicted molar refractivity (Wildman–Crippen MR) is 66.2 cm³/mol. The van der Waals surface area contributed by atoms with Crippen LogP contribution in [-0.4, -0.2) is 11.4 Å². The Hall–Kier alpha value is -0.530. The molecule has 1 saturated heterocycles. The van der Waals surface area contributed by atoms with Gasteiger partial charge in [-0.1, -0.05) is 46.0 Å². The van der Waals surface area contributed by atoms with Crippen LogP contribution in [0.5, 0.6) is 0 Å². The molecule has 0 aromatic heterocycles. The summed E-state index contributed by atoms with van der Waals surface area (Å²) in [5, 5.41) is 3.33. The average Bonchev–Trinajstić information content (AvgIpc) is 2.49. The Morgan fingerprint density at radius 3 is 2.56 bits per heavy atom. The van der Waals surface area contributed by atoms with E-state index in [4.69, 9.17) is 0 Å². The van der Waals surface area contributed by atoms with Crippen molar-refractivity contribution < 1.29 is 4.79 Å². The second-order valence-corrected chi connectivity index (χ2v) is 6.03. The fourth-order valence-electron chi connectivity index (χ4n) is 3.76. The maximum atomic E-state index is 11.8. The zero-order valence-corrected chi connectivity index (χ0v) is 10.8. The summed E-state index contributed by atoms with van der Waals surface area (Å²) in [5.41, 5.74) is 0.373. The number of hydrogen-bond donors (Lipinski definition) is 1. The highest BCUT2D eigenvalue weighted by Crippen LogP contribution is 2.51. The lowest BCUT2D eigenvalue weighted by molar-refractivity contribution is -0.120. The molecule has 2 rings (SSSR count). The molecule has 1 N–H and O–H groups in total. The monoisotopic (exact) mass is 223 g/mol. The van der Waals surface area contributed by atoms with Gasteiger partial charge >= 0.3 is 0 Å². The van der Waals surface area contributed by atoms with Gasteiger partial charge in [0.05, 0.1) is 0 Å². The molecule has 2 heteroatoms. The molecule has 16 heavy (non-hydrogen) atoms. The molecular formula is C14H25NO. The van der Waals surface area contributed by atoms with Gasteiger partial charge in [0.1, 0.15) is 0 Å². The molecule has 1 atom stereocenters. The van der Waals surface area contributed by atoms with Crippen LogP contribution >= 0.6 is 0 Å². The van der Waals surface area contributed by atoms with Gasteiger partial charge in [0.2, 0.25) is 5.91 Å². The zero-order chi connectivity index (χ0) is 11.6. The molecular weight excluding hydrogens is 198 g/mol. The molecule has 1 spiro atoms. The van der Waals surface area contributed by atoms with Gasteiger partial charge in [-0.25, -0.2) is 0 Å². The van der Waals surface area contributed by atoms with Crippen molar-refractivity contribution in [1.29, 1.82) is 0 Å². The van der Waals surface area contributed by atoms with Crippen molar-refractivity contribution in [2.24, 2.45) is 5.41 Å².